The van der Waals surface area contributed by atoms with E-state index in [2.05, 4.69) is 6.42 Å². The Labute approximate surface area is 81.1 Å². The summed E-state index contributed by atoms with van der Waals surface area (Å²) in [4.78, 5) is 9.91. The van der Waals surface area contributed by atoms with Gasteiger partial charge in [-0.1, -0.05) is 20.8 Å². The van der Waals surface area contributed by atoms with E-state index in [1.54, 1.807) is 20.8 Å². The van der Waals surface area contributed by atoms with Crippen LogP contribution < -0.4 is 5.11 Å². The summed E-state index contributed by atoms with van der Waals surface area (Å²) < 4.78 is 0. The number of aliphatic carboxylic acids is 1. The second-order valence-corrected chi connectivity index (χ2v) is 3.40. The molecule has 1 radical (unpaired) electrons. The third-order valence-electron chi connectivity index (χ3n) is 0.901. The van der Waals surface area contributed by atoms with Crippen LogP contribution in [0.2, 0.25) is 0 Å². The average molecular weight is 208 g/mol. The van der Waals surface area contributed by atoms with Crippen LogP contribution in [0.15, 0.2) is 0 Å². The molecule has 1 rings (SSSR count). The topological polar surface area (TPSA) is 40.1 Å². The first-order valence-corrected chi connectivity index (χ1v) is 3.47. The quantitative estimate of drug-likeness (QED) is 0.551. The Bertz CT molecular complexity index is 111. The van der Waals surface area contributed by atoms with Gasteiger partial charge in [-0.25, -0.2) is 0 Å². The van der Waals surface area contributed by atoms with Crippen molar-refractivity contribution in [1.82, 2.24) is 0 Å². The molecule has 0 spiro atoms. The van der Waals surface area contributed by atoms with Gasteiger partial charge in [0.25, 0.3) is 0 Å². The molecule has 0 saturated heterocycles. The first-order valence-electron chi connectivity index (χ1n) is 3.47. The summed E-state index contributed by atoms with van der Waals surface area (Å²) in [6.45, 7) is 4.80. The molecule has 0 aromatic heterocycles. The van der Waals surface area contributed by atoms with E-state index >= 15 is 0 Å². The van der Waals surface area contributed by atoms with E-state index in [0.29, 0.717) is 0 Å². The van der Waals surface area contributed by atoms with Crippen LogP contribution >= 0.6 is 0 Å². The van der Waals surface area contributed by atoms with Gasteiger partial charge in [-0.3, -0.25) is 0 Å². The summed E-state index contributed by atoms with van der Waals surface area (Å²) in [5.74, 6) is -1.01. The summed E-state index contributed by atoms with van der Waals surface area (Å²) in [7, 11) is 0. The maximum Gasteiger partial charge on any atom is 0.0467 e. The number of carboxylic acid groups (broad SMARTS) is 1. The second-order valence-electron chi connectivity index (χ2n) is 3.40. The maximum atomic E-state index is 9.91. The molecule has 1 aliphatic carbocycles. The van der Waals surface area contributed by atoms with E-state index < -0.39 is 11.4 Å². The van der Waals surface area contributed by atoms with Crippen molar-refractivity contribution in [1.29, 1.82) is 0 Å². The number of carboxylic acids is 1. The molecule has 0 heterocycles. The molecule has 1 saturated carbocycles. The van der Waals surface area contributed by atoms with Crippen molar-refractivity contribution in [2.45, 2.75) is 33.6 Å². The van der Waals surface area contributed by atoms with E-state index in [1.165, 1.54) is 12.8 Å². The van der Waals surface area contributed by atoms with Crippen LogP contribution in [-0.2, 0) is 24.3 Å². The predicted octanol–water partition coefficient (Wildman–Crippen LogP) is 0.764. The molecule has 2 nitrogen and oxygen atoms in total. The minimum Gasteiger partial charge on any atom is -0.550 e. The first-order chi connectivity index (χ1) is 4.44. The number of rotatable bonds is 0. The molecule has 11 heavy (non-hydrogen) atoms. The summed E-state index contributed by atoms with van der Waals surface area (Å²) in [6, 6.07) is 0. The molecule has 61 valence electrons. The van der Waals surface area contributed by atoms with Crippen molar-refractivity contribution < 1.29 is 29.4 Å². The Balaban J connectivity index is 0. The van der Waals surface area contributed by atoms with Crippen LogP contribution in [0.5, 0.6) is 0 Å². The molecule has 0 bridgehead atoms. The van der Waals surface area contributed by atoms with Crippen LogP contribution in [0.25, 0.3) is 0 Å². The largest absolute Gasteiger partial charge is 0.550 e. The van der Waals surface area contributed by atoms with E-state index in [4.69, 9.17) is 0 Å². The molecule has 1 aliphatic rings. The van der Waals surface area contributed by atoms with Gasteiger partial charge in [-0.05, 0) is 19.3 Å². The van der Waals surface area contributed by atoms with Gasteiger partial charge >= 0.3 is 0 Å². The predicted molar refractivity (Wildman–Crippen MR) is 38.0 cm³/mol. The summed E-state index contributed by atoms with van der Waals surface area (Å²) in [5.41, 5.74) is -0.694. The summed E-state index contributed by atoms with van der Waals surface area (Å²) in [6.07, 6.45) is 5.00. The average Bonchev–Trinajstić information content (AvgIpc) is 2.42. The monoisotopic (exact) mass is 206 g/mol. The molecule has 0 aliphatic heterocycles. The van der Waals surface area contributed by atoms with Crippen LogP contribution in [-0.4, -0.2) is 5.97 Å². The van der Waals surface area contributed by atoms with Crippen molar-refractivity contribution in [3.05, 3.63) is 6.42 Å². The minimum absolute atomic E-state index is 0. The minimum atomic E-state index is -1.01. The third-order valence-corrected chi connectivity index (χ3v) is 0.901. The zero-order valence-electron chi connectivity index (χ0n) is 7.52. The standard InChI is InChI=1S/C5H10O2.C3H5.Zn/c1-5(2,3)4(6)7;1-2-3-1;/h1-3H3,(H,6,7);1H,2-3H2;/p-1. The Morgan fingerprint density at radius 2 is 1.55 bits per heavy atom. The Kier molecular flexibility index (Phi) is 7.09. The number of carbonyl (C=O) groups is 1. The maximum absolute atomic E-state index is 9.91. The van der Waals surface area contributed by atoms with Gasteiger partial charge in [-0.15, -0.1) is 0 Å². The van der Waals surface area contributed by atoms with Crippen LogP contribution in [0.4, 0.5) is 0 Å². The molecule has 0 atom stereocenters. The number of carbonyl (C=O) groups excluding carboxylic acids is 1. The molecular formula is C8H14O2Zn-. The van der Waals surface area contributed by atoms with E-state index in [9.17, 15) is 9.90 Å². The van der Waals surface area contributed by atoms with Gasteiger partial charge in [0.15, 0.2) is 0 Å². The molecule has 0 amide bonds. The van der Waals surface area contributed by atoms with Gasteiger partial charge in [0.05, 0.1) is 0 Å². The van der Waals surface area contributed by atoms with Gasteiger partial charge in [0, 0.05) is 30.9 Å². The number of hydrogen-bond donors (Lipinski definition) is 0. The van der Waals surface area contributed by atoms with Crippen LogP contribution in [0.1, 0.15) is 33.6 Å². The molecule has 3 heteroatoms. The van der Waals surface area contributed by atoms with Gasteiger partial charge in [0.2, 0.25) is 0 Å². The molecule has 1 fully saturated rings. The van der Waals surface area contributed by atoms with Crippen molar-refractivity contribution in [2.75, 3.05) is 0 Å². The van der Waals surface area contributed by atoms with Crippen molar-refractivity contribution in [3.8, 4) is 0 Å². The van der Waals surface area contributed by atoms with Gasteiger partial charge < -0.3 is 9.90 Å². The normalized spacial score (nSPS) is 13.7. The Morgan fingerprint density at radius 1 is 1.36 bits per heavy atom. The summed E-state index contributed by atoms with van der Waals surface area (Å²) >= 11 is 0. The van der Waals surface area contributed by atoms with E-state index in [1.807, 2.05) is 0 Å². The van der Waals surface area contributed by atoms with Crippen molar-refractivity contribution in [3.63, 3.8) is 0 Å². The number of hydrogen-bond acceptors (Lipinski definition) is 2. The molecule has 0 unspecified atom stereocenters. The Morgan fingerprint density at radius 3 is 1.55 bits per heavy atom. The fourth-order valence-corrected chi connectivity index (χ4v) is 0. The van der Waals surface area contributed by atoms with E-state index in [0.717, 1.165) is 0 Å². The van der Waals surface area contributed by atoms with Crippen molar-refractivity contribution >= 4 is 5.97 Å². The second kappa shape index (κ2) is 5.71. The van der Waals surface area contributed by atoms with Gasteiger partial charge in [-0.2, -0.15) is 0 Å². The molecule has 0 aromatic carbocycles. The molecule has 0 aromatic rings. The fraction of sp³-hybridized carbons (Fsp3) is 0.750. The zero-order chi connectivity index (χ0) is 8.20. The molecule has 0 N–H and O–H groups in total. The van der Waals surface area contributed by atoms with Crippen molar-refractivity contribution in [2.24, 2.45) is 5.41 Å². The Hall–Kier alpha value is 0.0934. The molecular weight excluding hydrogens is 193 g/mol. The van der Waals surface area contributed by atoms with E-state index in [-0.39, 0.29) is 19.5 Å². The smallest absolute Gasteiger partial charge is 0.0467 e. The first kappa shape index (κ1) is 13.7. The third kappa shape index (κ3) is 13.1. The SMILES string of the molecule is CC(C)(C)C(=O)[O-].[CH]1CC1.[Zn]. The summed E-state index contributed by atoms with van der Waals surface area (Å²) in [5, 5.41) is 9.91. The van der Waals surface area contributed by atoms with Crippen LogP contribution in [0.3, 0.4) is 0 Å². The van der Waals surface area contributed by atoms with Gasteiger partial charge in [0.1, 0.15) is 0 Å². The fourth-order valence-electron chi connectivity index (χ4n) is 0. The zero-order valence-corrected chi connectivity index (χ0v) is 10.5. The van der Waals surface area contributed by atoms with Crippen LogP contribution in [0, 0.1) is 11.8 Å².